The van der Waals surface area contributed by atoms with Gasteiger partial charge in [-0.25, -0.2) is 13.2 Å². The molecule has 0 spiro atoms. The van der Waals surface area contributed by atoms with Gasteiger partial charge in [0, 0.05) is 25.2 Å². The normalized spacial score (nSPS) is 18.4. The van der Waals surface area contributed by atoms with E-state index < -0.39 is 27.9 Å². The van der Waals surface area contributed by atoms with Crippen LogP contribution >= 0.6 is 0 Å². The minimum absolute atomic E-state index is 0.0159. The average molecular weight is 370 g/mol. The highest BCUT2D eigenvalue weighted by Crippen LogP contribution is 2.19. The van der Waals surface area contributed by atoms with E-state index in [1.165, 1.54) is 33.5 Å². The van der Waals surface area contributed by atoms with E-state index in [1.54, 1.807) is 13.8 Å². The Labute approximate surface area is 147 Å². The SMILES string of the molecule is CCN(CC)S(=O)(=O)c1cccc(C(=O)N2CCOCC2C(=O)O)c1. The Kier molecular flexibility index (Phi) is 6.15. The van der Waals surface area contributed by atoms with Crippen molar-refractivity contribution in [2.45, 2.75) is 24.8 Å². The van der Waals surface area contributed by atoms with Gasteiger partial charge in [0.15, 0.2) is 6.04 Å². The topological polar surface area (TPSA) is 104 Å². The van der Waals surface area contributed by atoms with Crippen LogP contribution in [0.1, 0.15) is 24.2 Å². The minimum atomic E-state index is -3.70. The fraction of sp³-hybridized carbons (Fsp3) is 0.500. The second-order valence-electron chi connectivity index (χ2n) is 5.54. The zero-order chi connectivity index (χ0) is 18.6. The predicted molar refractivity (Wildman–Crippen MR) is 89.8 cm³/mol. The van der Waals surface area contributed by atoms with Crippen molar-refractivity contribution in [2.75, 3.05) is 32.8 Å². The maximum absolute atomic E-state index is 12.7. The molecule has 1 aromatic rings. The smallest absolute Gasteiger partial charge is 0.328 e. The first-order valence-corrected chi connectivity index (χ1v) is 9.48. The summed E-state index contributed by atoms with van der Waals surface area (Å²) in [6.45, 7) is 4.42. The number of rotatable bonds is 6. The molecule has 0 saturated carbocycles. The molecule has 0 radical (unpaired) electrons. The molecule has 1 aromatic carbocycles. The lowest BCUT2D eigenvalue weighted by molar-refractivity contribution is -0.147. The molecule has 25 heavy (non-hydrogen) atoms. The fourth-order valence-corrected chi connectivity index (χ4v) is 4.22. The van der Waals surface area contributed by atoms with Gasteiger partial charge in [-0.15, -0.1) is 0 Å². The molecular weight excluding hydrogens is 348 g/mol. The van der Waals surface area contributed by atoms with Crippen molar-refractivity contribution in [3.63, 3.8) is 0 Å². The zero-order valence-corrected chi connectivity index (χ0v) is 15.0. The number of sulfonamides is 1. The molecule has 1 fully saturated rings. The third-order valence-corrected chi connectivity index (χ3v) is 6.14. The van der Waals surface area contributed by atoms with Gasteiger partial charge in [-0.05, 0) is 18.2 Å². The Hall–Kier alpha value is -1.97. The third-order valence-electron chi connectivity index (χ3n) is 4.10. The first-order valence-electron chi connectivity index (χ1n) is 8.04. The molecule has 1 aliphatic heterocycles. The predicted octanol–water partition coefficient (Wildman–Crippen LogP) is 0.643. The van der Waals surface area contributed by atoms with Gasteiger partial charge >= 0.3 is 5.97 Å². The maximum atomic E-state index is 12.7. The standard InChI is InChI=1S/C16H22N2O6S/c1-3-17(4-2)25(22,23)13-7-5-6-12(10-13)15(19)18-8-9-24-11-14(18)16(20)21/h5-7,10,14H,3-4,8-9,11H2,1-2H3,(H,20,21). The summed E-state index contributed by atoms with van der Waals surface area (Å²) in [6, 6.07) is 4.62. The van der Waals surface area contributed by atoms with Crippen LogP contribution in [-0.4, -0.2) is 73.5 Å². The van der Waals surface area contributed by atoms with Crippen molar-refractivity contribution in [3.05, 3.63) is 29.8 Å². The van der Waals surface area contributed by atoms with Crippen molar-refractivity contribution >= 4 is 21.9 Å². The van der Waals surface area contributed by atoms with Crippen LogP contribution < -0.4 is 0 Å². The molecule has 1 unspecified atom stereocenters. The largest absolute Gasteiger partial charge is 0.480 e. The molecular formula is C16H22N2O6S. The fourth-order valence-electron chi connectivity index (χ4n) is 2.72. The van der Waals surface area contributed by atoms with Crippen molar-refractivity contribution in [1.82, 2.24) is 9.21 Å². The molecule has 138 valence electrons. The van der Waals surface area contributed by atoms with E-state index >= 15 is 0 Å². The molecule has 1 saturated heterocycles. The van der Waals surface area contributed by atoms with Gasteiger partial charge < -0.3 is 14.7 Å². The number of hydrogen-bond donors (Lipinski definition) is 1. The molecule has 0 aliphatic carbocycles. The third kappa shape index (κ3) is 4.00. The Morgan fingerprint density at radius 2 is 2.00 bits per heavy atom. The van der Waals surface area contributed by atoms with Crippen molar-refractivity contribution in [2.24, 2.45) is 0 Å². The zero-order valence-electron chi connectivity index (χ0n) is 14.2. The number of carboxylic acids is 1. The van der Waals surface area contributed by atoms with Gasteiger partial charge in [-0.1, -0.05) is 19.9 Å². The number of morpholine rings is 1. The van der Waals surface area contributed by atoms with E-state index in [0.29, 0.717) is 13.1 Å². The molecule has 1 amide bonds. The van der Waals surface area contributed by atoms with Crippen LogP contribution in [0.25, 0.3) is 0 Å². The summed E-state index contributed by atoms with van der Waals surface area (Å²) in [6.07, 6.45) is 0. The molecule has 0 bridgehead atoms. The lowest BCUT2D eigenvalue weighted by Gasteiger charge is -2.33. The van der Waals surface area contributed by atoms with Crippen molar-refractivity contribution in [1.29, 1.82) is 0 Å². The van der Waals surface area contributed by atoms with E-state index in [2.05, 4.69) is 0 Å². The van der Waals surface area contributed by atoms with Gasteiger partial charge in [0.2, 0.25) is 10.0 Å². The van der Waals surface area contributed by atoms with Crippen LogP contribution in [-0.2, 0) is 19.6 Å². The van der Waals surface area contributed by atoms with Crippen LogP contribution in [0, 0.1) is 0 Å². The van der Waals surface area contributed by atoms with Crippen LogP contribution in [0.4, 0.5) is 0 Å². The Balaban J connectivity index is 2.35. The summed E-state index contributed by atoms with van der Waals surface area (Å²) < 4.78 is 31.6. The quantitative estimate of drug-likeness (QED) is 0.788. The number of nitrogens with zero attached hydrogens (tertiary/aromatic N) is 2. The Morgan fingerprint density at radius 3 is 2.60 bits per heavy atom. The molecule has 0 aromatic heterocycles. The summed E-state index contributed by atoms with van der Waals surface area (Å²) in [7, 11) is -3.70. The van der Waals surface area contributed by atoms with Crippen LogP contribution in [0.2, 0.25) is 0 Å². The highest BCUT2D eigenvalue weighted by molar-refractivity contribution is 7.89. The summed E-state index contributed by atoms with van der Waals surface area (Å²) in [5.74, 6) is -1.67. The van der Waals surface area contributed by atoms with Crippen LogP contribution in [0.15, 0.2) is 29.2 Å². The molecule has 1 atom stereocenters. The van der Waals surface area contributed by atoms with Gasteiger partial charge in [0.1, 0.15) is 0 Å². The number of carbonyl (C=O) groups excluding carboxylic acids is 1. The van der Waals surface area contributed by atoms with Crippen LogP contribution in [0.5, 0.6) is 0 Å². The molecule has 1 aliphatic rings. The summed E-state index contributed by atoms with van der Waals surface area (Å²) in [5.41, 5.74) is 0.140. The molecule has 8 nitrogen and oxygen atoms in total. The minimum Gasteiger partial charge on any atom is -0.480 e. The molecule has 9 heteroatoms. The second kappa shape index (κ2) is 7.94. The number of amides is 1. The lowest BCUT2D eigenvalue weighted by atomic mass is 10.1. The molecule has 1 heterocycles. The van der Waals surface area contributed by atoms with Crippen molar-refractivity contribution < 1.29 is 27.9 Å². The van der Waals surface area contributed by atoms with Gasteiger partial charge in [-0.3, -0.25) is 4.79 Å². The van der Waals surface area contributed by atoms with E-state index in [0.717, 1.165) is 0 Å². The molecule has 1 N–H and O–H groups in total. The average Bonchev–Trinajstić information content (AvgIpc) is 2.62. The van der Waals surface area contributed by atoms with E-state index in [1.807, 2.05) is 0 Å². The lowest BCUT2D eigenvalue weighted by Crippen LogP contribution is -2.52. The first kappa shape index (κ1) is 19.4. The van der Waals surface area contributed by atoms with E-state index in [4.69, 9.17) is 4.74 Å². The number of hydrogen-bond acceptors (Lipinski definition) is 5. The first-order chi connectivity index (χ1) is 11.8. The highest BCUT2D eigenvalue weighted by Gasteiger charge is 2.33. The highest BCUT2D eigenvalue weighted by atomic mass is 32.2. The Bertz CT molecular complexity index is 745. The number of benzene rings is 1. The monoisotopic (exact) mass is 370 g/mol. The van der Waals surface area contributed by atoms with Gasteiger partial charge in [0.25, 0.3) is 5.91 Å². The van der Waals surface area contributed by atoms with Crippen LogP contribution in [0.3, 0.4) is 0 Å². The summed E-state index contributed by atoms with van der Waals surface area (Å²) >= 11 is 0. The van der Waals surface area contributed by atoms with Gasteiger partial charge in [-0.2, -0.15) is 4.31 Å². The number of carboxylic acid groups (broad SMARTS) is 1. The Morgan fingerprint density at radius 1 is 1.32 bits per heavy atom. The van der Waals surface area contributed by atoms with Crippen molar-refractivity contribution in [3.8, 4) is 0 Å². The molecule has 2 rings (SSSR count). The van der Waals surface area contributed by atoms with E-state index in [9.17, 15) is 23.1 Å². The number of aliphatic carboxylic acids is 1. The summed E-state index contributed by atoms with van der Waals surface area (Å²) in [5, 5.41) is 9.25. The maximum Gasteiger partial charge on any atom is 0.328 e. The number of carbonyl (C=O) groups is 2. The summed E-state index contributed by atoms with van der Waals surface area (Å²) in [4.78, 5) is 25.2. The second-order valence-corrected chi connectivity index (χ2v) is 7.48. The van der Waals surface area contributed by atoms with Gasteiger partial charge in [0.05, 0.1) is 18.1 Å². The van der Waals surface area contributed by atoms with E-state index in [-0.39, 0.29) is 30.2 Å². The number of ether oxygens (including phenoxy) is 1.